The summed E-state index contributed by atoms with van der Waals surface area (Å²) in [5, 5.41) is 3.54. The first kappa shape index (κ1) is 11.3. The van der Waals surface area contributed by atoms with Gasteiger partial charge in [-0.25, -0.2) is 4.39 Å². The normalized spacial score (nSPS) is 26.1. The molecular formula is C14H18FN. The Morgan fingerprint density at radius 2 is 2.00 bits per heavy atom. The lowest BCUT2D eigenvalue weighted by molar-refractivity contribution is 0.375. The van der Waals surface area contributed by atoms with Crippen LogP contribution in [0.15, 0.2) is 30.3 Å². The zero-order valence-corrected chi connectivity index (χ0v) is 9.62. The first-order valence-electron chi connectivity index (χ1n) is 5.94. The Morgan fingerprint density at radius 3 is 2.69 bits per heavy atom. The quantitative estimate of drug-likeness (QED) is 0.804. The number of benzene rings is 1. The monoisotopic (exact) mass is 219 g/mol. The average Bonchev–Trinajstić information content (AvgIpc) is 2.28. The predicted molar refractivity (Wildman–Crippen MR) is 65.7 cm³/mol. The van der Waals surface area contributed by atoms with Crippen molar-refractivity contribution >= 4 is 6.08 Å². The van der Waals surface area contributed by atoms with Gasteiger partial charge in [-0.3, -0.25) is 0 Å². The van der Waals surface area contributed by atoms with Crippen molar-refractivity contribution in [2.24, 2.45) is 0 Å². The standard InChI is InChI=1S/C14H18FN/c1-11-3-2-4-14(16-11)10-7-12-5-8-13(15)9-6-12/h5-11,14,16H,2-4H2,1H3/b10-7+. The molecule has 1 aromatic rings. The first-order chi connectivity index (χ1) is 7.74. The Bertz CT molecular complexity index is 356. The smallest absolute Gasteiger partial charge is 0.123 e. The van der Waals surface area contributed by atoms with Crippen LogP contribution in [-0.2, 0) is 0 Å². The van der Waals surface area contributed by atoms with E-state index in [1.807, 2.05) is 0 Å². The average molecular weight is 219 g/mol. The summed E-state index contributed by atoms with van der Waals surface area (Å²) in [7, 11) is 0. The summed E-state index contributed by atoms with van der Waals surface area (Å²) in [5.74, 6) is -0.179. The van der Waals surface area contributed by atoms with Gasteiger partial charge in [-0.2, -0.15) is 0 Å². The number of hydrogen-bond acceptors (Lipinski definition) is 1. The Labute approximate surface area is 96.4 Å². The lowest BCUT2D eigenvalue weighted by Gasteiger charge is -2.26. The molecule has 1 fully saturated rings. The van der Waals surface area contributed by atoms with E-state index in [2.05, 4.69) is 24.4 Å². The zero-order chi connectivity index (χ0) is 11.4. The maximum atomic E-state index is 12.7. The Kier molecular flexibility index (Phi) is 3.73. The molecule has 1 saturated heterocycles. The van der Waals surface area contributed by atoms with Gasteiger partial charge < -0.3 is 5.32 Å². The Morgan fingerprint density at radius 1 is 1.25 bits per heavy atom. The van der Waals surface area contributed by atoms with Crippen LogP contribution in [0.25, 0.3) is 6.08 Å². The van der Waals surface area contributed by atoms with Gasteiger partial charge in [-0.1, -0.05) is 30.7 Å². The molecule has 0 bridgehead atoms. The molecule has 2 atom stereocenters. The second-order valence-electron chi connectivity index (χ2n) is 4.52. The molecule has 86 valence electrons. The molecule has 0 amide bonds. The van der Waals surface area contributed by atoms with Gasteiger partial charge in [-0.15, -0.1) is 0 Å². The summed E-state index contributed by atoms with van der Waals surface area (Å²) in [6, 6.07) is 7.68. The van der Waals surface area contributed by atoms with E-state index < -0.39 is 0 Å². The molecule has 0 radical (unpaired) electrons. The van der Waals surface area contributed by atoms with Crippen molar-refractivity contribution in [3.63, 3.8) is 0 Å². The van der Waals surface area contributed by atoms with E-state index in [1.54, 1.807) is 12.1 Å². The number of halogens is 1. The molecular weight excluding hydrogens is 201 g/mol. The fraction of sp³-hybridized carbons (Fsp3) is 0.429. The lowest BCUT2D eigenvalue weighted by atomic mass is 9.99. The molecule has 1 aliphatic rings. The minimum absolute atomic E-state index is 0.179. The second kappa shape index (κ2) is 5.26. The van der Waals surface area contributed by atoms with Crippen molar-refractivity contribution in [1.82, 2.24) is 5.32 Å². The van der Waals surface area contributed by atoms with Crippen molar-refractivity contribution in [1.29, 1.82) is 0 Å². The van der Waals surface area contributed by atoms with Crippen LogP contribution in [0.4, 0.5) is 4.39 Å². The molecule has 0 aromatic heterocycles. The van der Waals surface area contributed by atoms with Crippen LogP contribution < -0.4 is 5.32 Å². The van der Waals surface area contributed by atoms with Gasteiger partial charge in [0.1, 0.15) is 5.82 Å². The van der Waals surface area contributed by atoms with Crippen LogP contribution in [0.5, 0.6) is 0 Å². The highest BCUT2D eigenvalue weighted by molar-refractivity contribution is 5.49. The highest BCUT2D eigenvalue weighted by Crippen LogP contribution is 2.14. The summed E-state index contributed by atoms with van der Waals surface area (Å²) < 4.78 is 12.7. The molecule has 2 unspecified atom stereocenters. The molecule has 1 heterocycles. The van der Waals surface area contributed by atoms with Crippen molar-refractivity contribution in [2.45, 2.75) is 38.3 Å². The highest BCUT2D eigenvalue weighted by atomic mass is 19.1. The molecule has 16 heavy (non-hydrogen) atoms. The number of nitrogens with one attached hydrogen (secondary N) is 1. The molecule has 2 rings (SSSR count). The van der Waals surface area contributed by atoms with Crippen LogP contribution in [0, 0.1) is 5.82 Å². The van der Waals surface area contributed by atoms with Crippen LogP contribution in [-0.4, -0.2) is 12.1 Å². The second-order valence-corrected chi connectivity index (χ2v) is 4.52. The zero-order valence-electron chi connectivity index (χ0n) is 9.62. The van der Waals surface area contributed by atoms with Gasteiger partial charge >= 0.3 is 0 Å². The molecule has 1 aromatic carbocycles. The molecule has 2 heteroatoms. The molecule has 0 spiro atoms. The Balaban J connectivity index is 1.95. The summed E-state index contributed by atoms with van der Waals surface area (Å²) in [5.41, 5.74) is 1.06. The third-order valence-corrected chi connectivity index (χ3v) is 3.04. The van der Waals surface area contributed by atoms with Gasteiger partial charge in [0.15, 0.2) is 0 Å². The summed E-state index contributed by atoms with van der Waals surface area (Å²) in [4.78, 5) is 0. The largest absolute Gasteiger partial charge is 0.308 e. The van der Waals surface area contributed by atoms with Crippen LogP contribution in [0.2, 0.25) is 0 Å². The fourth-order valence-corrected chi connectivity index (χ4v) is 2.13. The molecule has 0 saturated carbocycles. The SMILES string of the molecule is CC1CCCC(/C=C/c2ccc(F)cc2)N1. The fourth-order valence-electron chi connectivity index (χ4n) is 2.13. The summed E-state index contributed by atoms with van der Waals surface area (Å²) in [6.07, 6.45) is 7.99. The van der Waals surface area contributed by atoms with Gasteiger partial charge in [0, 0.05) is 12.1 Å². The van der Waals surface area contributed by atoms with Gasteiger partial charge in [0.2, 0.25) is 0 Å². The van der Waals surface area contributed by atoms with Crippen LogP contribution in [0.1, 0.15) is 31.7 Å². The Hall–Kier alpha value is -1.15. The van der Waals surface area contributed by atoms with Gasteiger partial charge in [0.25, 0.3) is 0 Å². The predicted octanol–water partition coefficient (Wildman–Crippen LogP) is 3.37. The van der Waals surface area contributed by atoms with E-state index in [0.29, 0.717) is 12.1 Å². The van der Waals surface area contributed by atoms with E-state index in [9.17, 15) is 4.39 Å². The first-order valence-corrected chi connectivity index (χ1v) is 5.94. The third-order valence-electron chi connectivity index (χ3n) is 3.04. The van der Waals surface area contributed by atoms with E-state index >= 15 is 0 Å². The van der Waals surface area contributed by atoms with Crippen LogP contribution >= 0.6 is 0 Å². The van der Waals surface area contributed by atoms with Crippen LogP contribution in [0.3, 0.4) is 0 Å². The lowest BCUT2D eigenvalue weighted by Crippen LogP contribution is -2.39. The molecule has 1 nitrogen and oxygen atoms in total. The van der Waals surface area contributed by atoms with E-state index in [0.717, 1.165) is 5.56 Å². The van der Waals surface area contributed by atoms with Crippen molar-refractivity contribution in [2.75, 3.05) is 0 Å². The van der Waals surface area contributed by atoms with Crippen molar-refractivity contribution < 1.29 is 4.39 Å². The summed E-state index contributed by atoms with van der Waals surface area (Å²) >= 11 is 0. The summed E-state index contributed by atoms with van der Waals surface area (Å²) in [6.45, 7) is 2.22. The maximum absolute atomic E-state index is 12.7. The van der Waals surface area contributed by atoms with Crippen molar-refractivity contribution in [3.05, 3.63) is 41.7 Å². The third kappa shape index (κ3) is 3.17. The number of piperidine rings is 1. The number of rotatable bonds is 2. The molecule has 1 aliphatic heterocycles. The molecule has 0 aliphatic carbocycles. The highest BCUT2D eigenvalue weighted by Gasteiger charge is 2.14. The number of hydrogen-bond donors (Lipinski definition) is 1. The van der Waals surface area contributed by atoms with Gasteiger partial charge in [-0.05, 0) is 37.5 Å². The van der Waals surface area contributed by atoms with E-state index in [1.165, 1.54) is 31.4 Å². The minimum Gasteiger partial charge on any atom is -0.308 e. The van der Waals surface area contributed by atoms with Crippen molar-refractivity contribution in [3.8, 4) is 0 Å². The minimum atomic E-state index is -0.179. The van der Waals surface area contributed by atoms with E-state index in [-0.39, 0.29) is 5.82 Å². The maximum Gasteiger partial charge on any atom is 0.123 e. The van der Waals surface area contributed by atoms with E-state index in [4.69, 9.17) is 0 Å². The topological polar surface area (TPSA) is 12.0 Å². The van der Waals surface area contributed by atoms with Gasteiger partial charge in [0.05, 0.1) is 0 Å². The molecule has 1 N–H and O–H groups in total.